The lowest BCUT2D eigenvalue weighted by Crippen LogP contribution is -2.43. The van der Waals surface area contributed by atoms with Gasteiger partial charge in [-0.3, -0.25) is 14.6 Å². The molecule has 0 unspecified atom stereocenters. The lowest BCUT2D eigenvalue weighted by atomic mass is 10.2. The van der Waals surface area contributed by atoms with Crippen LogP contribution in [-0.4, -0.2) is 60.9 Å². The smallest absolute Gasteiger partial charge is 0.239 e. The molecule has 29 heavy (non-hydrogen) atoms. The van der Waals surface area contributed by atoms with Crippen LogP contribution in [-0.2, 0) is 9.53 Å². The van der Waals surface area contributed by atoms with E-state index < -0.39 is 0 Å². The monoisotopic (exact) mass is 427 g/mol. The zero-order chi connectivity index (χ0) is 20.1. The van der Waals surface area contributed by atoms with Crippen LogP contribution in [0.3, 0.4) is 0 Å². The molecular formula is C22H25N3O2S2. The maximum Gasteiger partial charge on any atom is 0.239 e. The van der Waals surface area contributed by atoms with Crippen molar-refractivity contribution in [3.63, 3.8) is 0 Å². The van der Waals surface area contributed by atoms with E-state index in [0.717, 1.165) is 58.7 Å². The molecule has 1 aromatic heterocycles. The van der Waals surface area contributed by atoms with Crippen LogP contribution in [0, 0.1) is 6.92 Å². The van der Waals surface area contributed by atoms with Gasteiger partial charge in [0, 0.05) is 31.1 Å². The molecule has 0 saturated carbocycles. The average Bonchev–Trinajstić information content (AvgIpc) is 3.19. The highest BCUT2D eigenvalue weighted by Gasteiger charge is 2.22. The number of anilines is 1. The first-order valence-electron chi connectivity index (χ1n) is 9.85. The summed E-state index contributed by atoms with van der Waals surface area (Å²) in [6.07, 6.45) is 0. The van der Waals surface area contributed by atoms with E-state index in [-0.39, 0.29) is 5.91 Å². The van der Waals surface area contributed by atoms with E-state index in [4.69, 9.17) is 9.72 Å². The molecule has 2 heterocycles. The van der Waals surface area contributed by atoms with Gasteiger partial charge in [0.15, 0.2) is 5.13 Å². The number of aromatic nitrogens is 1. The first kappa shape index (κ1) is 20.3. The van der Waals surface area contributed by atoms with Gasteiger partial charge in [-0.2, -0.15) is 0 Å². The lowest BCUT2D eigenvalue weighted by molar-refractivity contribution is -0.116. The zero-order valence-corrected chi connectivity index (χ0v) is 18.2. The highest BCUT2D eigenvalue weighted by atomic mass is 32.2. The molecule has 1 aliphatic rings. The number of hydrogen-bond donors (Lipinski definition) is 0. The van der Waals surface area contributed by atoms with Crippen molar-refractivity contribution in [1.82, 2.24) is 9.88 Å². The molecule has 1 saturated heterocycles. The minimum Gasteiger partial charge on any atom is -0.379 e. The van der Waals surface area contributed by atoms with E-state index in [0.29, 0.717) is 12.3 Å². The molecule has 5 nitrogen and oxygen atoms in total. The van der Waals surface area contributed by atoms with Crippen molar-refractivity contribution in [2.45, 2.75) is 11.8 Å². The van der Waals surface area contributed by atoms with Crippen molar-refractivity contribution >= 4 is 44.4 Å². The molecule has 0 bridgehead atoms. The molecule has 0 N–H and O–H groups in total. The number of rotatable bonds is 7. The first-order chi connectivity index (χ1) is 14.2. The van der Waals surface area contributed by atoms with Gasteiger partial charge in [0.1, 0.15) is 0 Å². The second kappa shape index (κ2) is 9.71. The van der Waals surface area contributed by atoms with Crippen LogP contribution in [0.15, 0.2) is 53.4 Å². The minimum absolute atomic E-state index is 0.101. The maximum atomic E-state index is 13.2. The molecule has 0 atom stereocenters. The van der Waals surface area contributed by atoms with E-state index in [2.05, 4.69) is 24.0 Å². The molecule has 0 aliphatic carbocycles. The lowest BCUT2D eigenvalue weighted by Gasteiger charge is -2.29. The number of para-hydroxylation sites is 1. The largest absolute Gasteiger partial charge is 0.379 e. The molecule has 152 valence electrons. The highest BCUT2D eigenvalue weighted by Crippen LogP contribution is 2.31. The minimum atomic E-state index is 0.101. The number of aryl methyl sites for hydroxylation is 1. The molecule has 1 aliphatic heterocycles. The average molecular weight is 428 g/mol. The topological polar surface area (TPSA) is 45.7 Å². The summed E-state index contributed by atoms with van der Waals surface area (Å²) in [6, 6.07) is 16.3. The Kier molecular flexibility index (Phi) is 6.82. The summed E-state index contributed by atoms with van der Waals surface area (Å²) in [6.45, 7) is 6.90. The molecule has 0 radical (unpaired) electrons. The van der Waals surface area contributed by atoms with Crippen molar-refractivity contribution < 1.29 is 9.53 Å². The quantitative estimate of drug-likeness (QED) is 0.532. The summed E-state index contributed by atoms with van der Waals surface area (Å²) in [5.74, 6) is 0.506. The Balaban J connectivity index is 1.52. The number of carbonyl (C=O) groups excluding carboxylic acids is 1. The second-order valence-electron chi connectivity index (χ2n) is 7.02. The van der Waals surface area contributed by atoms with Crippen molar-refractivity contribution in [1.29, 1.82) is 0 Å². The van der Waals surface area contributed by atoms with E-state index in [9.17, 15) is 4.79 Å². The van der Waals surface area contributed by atoms with Gasteiger partial charge in [-0.05, 0) is 30.7 Å². The Morgan fingerprint density at radius 3 is 2.72 bits per heavy atom. The van der Waals surface area contributed by atoms with Crippen LogP contribution in [0.25, 0.3) is 10.2 Å². The van der Waals surface area contributed by atoms with Crippen LogP contribution < -0.4 is 4.90 Å². The van der Waals surface area contributed by atoms with Gasteiger partial charge in [0.25, 0.3) is 0 Å². The second-order valence-corrected chi connectivity index (χ2v) is 9.08. The molecular weight excluding hydrogens is 402 g/mol. The number of morpholine rings is 1. The van der Waals surface area contributed by atoms with E-state index in [1.807, 2.05) is 41.3 Å². The van der Waals surface area contributed by atoms with Crippen molar-refractivity contribution in [3.8, 4) is 0 Å². The summed E-state index contributed by atoms with van der Waals surface area (Å²) in [5.41, 5.74) is 2.14. The molecule has 1 amide bonds. The van der Waals surface area contributed by atoms with Crippen LogP contribution in [0.2, 0.25) is 0 Å². The number of ether oxygens (including phenoxy) is 1. The van der Waals surface area contributed by atoms with Gasteiger partial charge in [-0.25, -0.2) is 4.98 Å². The third kappa shape index (κ3) is 5.17. The first-order valence-corrected chi connectivity index (χ1v) is 11.7. The van der Waals surface area contributed by atoms with Gasteiger partial charge in [-0.15, -0.1) is 11.8 Å². The van der Waals surface area contributed by atoms with Crippen LogP contribution >= 0.6 is 23.1 Å². The summed E-state index contributed by atoms with van der Waals surface area (Å²) in [4.78, 5) is 23.3. The maximum absolute atomic E-state index is 13.2. The molecule has 3 aromatic rings. The number of benzene rings is 2. The van der Waals surface area contributed by atoms with E-state index in [1.54, 1.807) is 23.1 Å². The van der Waals surface area contributed by atoms with Gasteiger partial charge < -0.3 is 4.74 Å². The number of carbonyl (C=O) groups is 1. The van der Waals surface area contributed by atoms with E-state index >= 15 is 0 Å². The number of nitrogens with zero attached hydrogens (tertiary/aromatic N) is 3. The normalized spacial score (nSPS) is 14.9. The Bertz CT molecular complexity index is 955. The predicted molar refractivity (Wildman–Crippen MR) is 121 cm³/mol. The summed E-state index contributed by atoms with van der Waals surface area (Å²) in [7, 11) is 0. The Labute approximate surface area is 179 Å². The van der Waals surface area contributed by atoms with Gasteiger partial charge in [0.2, 0.25) is 5.91 Å². The zero-order valence-electron chi connectivity index (χ0n) is 16.5. The van der Waals surface area contributed by atoms with Crippen molar-refractivity contribution in [3.05, 3.63) is 54.1 Å². The van der Waals surface area contributed by atoms with Crippen LogP contribution in [0.1, 0.15) is 5.56 Å². The highest BCUT2D eigenvalue weighted by molar-refractivity contribution is 8.00. The molecule has 4 rings (SSSR count). The van der Waals surface area contributed by atoms with Gasteiger partial charge in [0.05, 0.1) is 29.2 Å². The Morgan fingerprint density at radius 2 is 1.97 bits per heavy atom. The fourth-order valence-corrected chi connectivity index (χ4v) is 5.21. The third-order valence-corrected chi connectivity index (χ3v) is 7.03. The Morgan fingerprint density at radius 1 is 1.17 bits per heavy atom. The fraction of sp³-hybridized carbons (Fsp3) is 0.364. The fourth-order valence-electron chi connectivity index (χ4n) is 3.32. The van der Waals surface area contributed by atoms with Crippen molar-refractivity contribution in [2.24, 2.45) is 0 Å². The SMILES string of the molecule is Cc1cccc2sc(N(CCN3CCOCC3)C(=O)CSc3ccccc3)nc12. The predicted octanol–water partition coefficient (Wildman–Crippen LogP) is 4.06. The Hall–Kier alpha value is -1.93. The molecule has 1 fully saturated rings. The summed E-state index contributed by atoms with van der Waals surface area (Å²) < 4.78 is 6.57. The third-order valence-electron chi connectivity index (χ3n) is 4.99. The van der Waals surface area contributed by atoms with E-state index in [1.165, 1.54) is 0 Å². The number of thioether (sulfide) groups is 1. The summed E-state index contributed by atoms with van der Waals surface area (Å²) >= 11 is 3.17. The molecule has 0 spiro atoms. The number of thiazole rings is 1. The summed E-state index contributed by atoms with van der Waals surface area (Å²) in [5, 5.41) is 0.793. The standard InChI is InChI=1S/C22H25N3O2S2/c1-17-6-5-9-19-21(17)23-22(29-19)25(11-10-24-12-14-27-15-13-24)20(26)16-28-18-7-3-2-4-8-18/h2-9H,10-16H2,1H3. The van der Waals surface area contributed by atoms with Gasteiger partial charge >= 0.3 is 0 Å². The number of fused-ring (bicyclic) bond motifs is 1. The number of hydrogen-bond acceptors (Lipinski definition) is 6. The molecule has 2 aromatic carbocycles. The molecule has 7 heteroatoms. The number of amides is 1. The van der Waals surface area contributed by atoms with Crippen LogP contribution in [0.5, 0.6) is 0 Å². The van der Waals surface area contributed by atoms with Crippen LogP contribution in [0.4, 0.5) is 5.13 Å². The van der Waals surface area contributed by atoms with Crippen molar-refractivity contribution in [2.75, 3.05) is 50.0 Å². The van der Waals surface area contributed by atoms with Gasteiger partial charge in [-0.1, -0.05) is 41.7 Å².